The standard InChI is InChI=1S/C20H30N2O2/c23-19-10-16-13-22(14-17(16)11-20(19)24)18-6-8-21(9-7-18)12-15-4-2-1-3-5-15/h1-5,16-20,23-24H,6-14H2/t16-,17+,19+,20-. The minimum Gasteiger partial charge on any atom is -0.390 e. The van der Waals surface area contributed by atoms with Crippen LogP contribution in [0.1, 0.15) is 31.2 Å². The maximum absolute atomic E-state index is 9.92. The van der Waals surface area contributed by atoms with Gasteiger partial charge in [-0.05, 0) is 56.2 Å². The fourth-order valence-electron chi connectivity index (χ4n) is 5.03. The fraction of sp³-hybridized carbons (Fsp3) is 0.700. The molecule has 0 bridgehead atoms. The molecule has 0 spiro atoms. The quantitative estimate of drug-likeness (QED) is 0.886. The molecule has 2 aliphatic heterocycles. The topological polar surface area (TPSA) is 46.9 Å². The molecule has 3 aliphatic rings. The number of benzene rings is 1. The molecule has 0 aromatic heterocycles. The number of aliphatic hydroxyl groups excluding tert-OH is 2. The van der Waals surface area contributed by atoms with Gasteiger partial charge in [-0.1, -0.05) is 30.3 Å². The molecule has 2 saturated heterocycles. The third-order valence-electron chi connectivity index (χ3n) is 6.46. The van der Waals surface area contributed by atoms with Crippen LogP contribution in [-0.2, 0) is 6.54 Å². The Kier molecular flexibility index (Phi) is 4.90. The van der Waals surface area contributed by atoms with Crippen molar-refractivity contribution in [3.63, 3.8) is 0 Å². The molecular weight excluding hydrogens is 300 g/mol. The Hall–Kier alpha value is -0.940. The minimum atomic E-state index is -0.501. The van der Waals surface area contributed by atoms with Crippen LogP contribution in [0.25, 0.3) is 0 Å². The zero-order chi connectivity index (χ0) is 16.5. The molecule has 3 fully saturated rings. The minimum absolute atomic E-state index is 0.501. The second kappa shape index (κ2) is 7.12. The normalized spacial score (nSPS) is 35.9. The van der Waals surface area contributed by atoms with Crippen molar-refractivity contribution < 1.29 is 10.2 Å². The van der Waals surface area contributed by atoms with E-state index in [0.717, 1.165) is 32.5 Å². The summed E-state index contributed by atoms with van der Waals surface area (Å²) in [7, 11) is 0. The first-order valence-electron chi connectivity index (χ1n) is 9.55. The van der Waals surface area contributed by atoms with Crippen molar-refractivity contribution in [3.8, 4) is 0 Å². The lowest BCUT2D eigenvalue weighted by Gasteiger charge is -2.37. The Morgan fingerprint density at radius 2 is 1.46 bits per heavy atom. The number of hydrogen-bond donors (Lipinski definition) is 2. The Labute approximate surface area is 145 Å². The van der Waals surface area contributed by atoms with Gasteiger partial charge in [-0.3, -0.25) is 9.80 Å². The predicted molar refractivity (Wildman–Crippen MR) is 94.5 cm³/mol. The average molecular weight is 330 g/mol. The van der Waals surface area contributed by atoms with Crippen molar-refractivity contribution in [3.05, 3.63) is 35.9 Å². The van der Waals surface area contributed by atoms with Crippen LogP contribution >= 0.6 is 0 Å². The second-order valence-corrected chi connectivity index (χ2v) is 8.07. The van der Waals surface area contributed by atoms with Crippen LogP contribution in [-0.4, -0.2) is 64.4 Å². The van der Waals surface area contributed by atoms with Crippen molar-refractivity contribution in [2.45, 2.75) is 50.5 Å². The van der Waals surface area contributed by atoms with Gasteiger partial charge in [0, 0.05) is 25.7 Å². The maximum atomic E-state index is 9.92. The van der Waals surface area contributed by atoms with Gasteiger partial charge in [0.1, 0.15) is 0 Å². The van der Waals surface area contributed by atoms with Gasteiger partial charge in [0.25, 0.3) is 0 Å². The van der Waals surface area contributed by atoms with E-state index in [1.165, 1.54) is 31.5 Å². The highest BCUT2D eigenvalue weighted by atomic mass is 16.3. The van der Waals surface area contributed by atoms with Crippen LogP contribution in [0, 0.1) is 11.8 Å². The lowest BCUT2D eigenvalue weighted by Crippen LogP contribution is -2.43. The molecule has 4 atom stereocenters. The summed E-state index contributed by atoms with van der Waals surface area (Å²) >= 11 is 0. The molecule has 4 rings (SSSR count). The number of rotatable bonds is 3. The van der Waals surface area contributed by atoms with Crippen LogP contribution in [0.4, 0.5) is 0 Å². The number of likely N-dealkylation sites (tertiary alicyclic amines) is 2. The molecule has 132 valence electrons. The summed E-state index contributed by atoms with van der Waals surface area (Å²) in [6.07, 6.45) is 3.07. The van der Waals surface area contributed by atoms with Crippen LogP contribution in [0.2, 0.25) is 0 Å². The second-order valence-electron chi connectivity index (χ2n) is 8.07. The van der Waals surface area contributed by atoms with Crippen LogP contribution in [0.5, 0.6) is 0 Å². The number of hydrogen-bond acceptors (Lipinski definition) is 4. The Balaban J connectivity index is 1.28. The highest BCUT2D eigenvalue weighted by Crippen LogP contribution is 2.38. The molecule has 1 saturated carbocycles. The van der Waals surface area contributed by atoms with Gasteiger partial charge in [0.05, 0.1) is 12.2 Å². The van der Waals surface area contributed by atoms with E-state index in [9.17, 15) is 10.2 Å². The molecule has 4 heteroatoms. The highest BCUT2D eigenvalue weighted by Gasteiger charge is 2.43. The van der Waals surface area contributed by atoms with Gasteiger partial charge in [0.15, 0.2) is 0 Å². The van der Waals surface area contributed by atoms with Crippen molar-refractivity contribution >= 4 is 0 Å². The number of piperidine rings is 1. The molecule has 0 radical (unpaired) electrons. The van der Waals surface area contributed by atoms with Gasteiger partial charge >= 0.3 is 0 Å². The fourth-order valence-corrected chi connectivity index (χ4v) is 5.03. The van der Waals surface area contributed by atoms with E-state index in [1.807, 2.05) is 0 Å². The molecule has 2 N–H and O–H groups in total. The van der Waals surface area contributed by atoms with Crippen molar-refractivity contribution in [2.75, 3.05) is 26.2 Å². The van der Waals surface area contributed by atoms with Gasteiger partial charge in [-0.25, -0.2) is 0 Å². The van der Waals surface area contributed by atoms with Crippen LogP contribution < -0.4 is 0 Å². The number of fused-ring (bicyclic) bond motifs is 1. The lowest BCUT2D eigenvalue weighted by molar-refractivity contribution is -0.0372. The van der Waals surface area contributed by atoms with E-state index >= 15 is 0 Å². The van der Waals surface area contributed by atoms with Crippen molar-refractivity contribution in [1.82, 2.24) is 9.80 Å². The molecular formula is C20H30N2O2. The summed E-state index contributed by atoms with van der Waals surface area (Å²) < 4.78 is 0. The molecule has 0 unspecified atom stereocenters. The third-order valence-corrected chi connectivity index (χ3v) is 6.46. The summed E-state index contributed by atoms with van der Waals surface area (Å²) in [5, 5.41) is 19.8. The van der Waals surface area contributed by atoms with E-state index < -0.39 is 12.2 Å². The Morgan fingerprint density at radius 1 is 0.875 bits per heavy atom. The van der Waals surface area contributed by atoms with E-state index in [-0.39, 0.29) is 0 Å². The summed E-state index contributed by atoms with van der Waals surface area (Å²) in [5.41, 5.74) is 1.41. The van der Waals surface area contributed by atoms with Gasteiger partial charge in [-0.15, -0.1) is 0 Å². The van der Waals surface area contributed by atoms with Gasteiger partial charge in [0.2, 0.25) is 0 Å². The van der Waals surface area contributed by atoms with E-state index in [0.29, 0.717) is 17.9 Å². The first-order chi connectivity index (χ1) is 11.7. The average Bonchev–Trinajstić information content (AvgIpc) is 2.99. The summed E-state index contributed by atoms with van der Waals surface area (Å²) in [6, 6.07) is 11.4. The Bertz CT molecular complexity index is 512. The Morgan fingerprint density at radius 3 is 2.04 bits per heavy atom. The third kappa shape index (κ3) is 3.52. The first-order valence-corrected chi connectivity index (χ1v) is 9.55. The molecule has 24 heavy (non-hydrogen) atoms. The summed E-state index contributed by atoms with van der Waals surface area (Å²) in [6.45, 7) is 5.67. The SMILES string of the molecule is O[C@@H]1C[C@H]2CN(C3CCN(Cc4ccccc4)CC3)C[C@H]2C[C@@H]1O. The summed E-state index contributed by atoms with van der Waals surface area (Å²) in [5.74, 6) is 1.18. The molecule has 0 amide bonds. The zero-order valence-electron chi connectivity index (χ0n) is 14.4. The predicted octanol–water partition coefficient (Wildman–Crippen LogP) is 1.71. The molecule has 1 aliphatic carbocycles. The summed E-state index contributed by atoms with van der Waals surface area (Å²) in [4.78, 5) is 5.22. The molecule has 4 nitrogen and oxygen atoms in total. The first kappa shape index (κ1) is 16.5. The van der Waals surface area contributed by atoms with Gasteiger partial charge < -0.3 is 10.2 Å². The maximum Gasteiger partial charge on any atom is 0.0802 e. The van der Waals surface area contributed by atoms with Crippen LogP contribution in [0.15, 0.2) is 30.3 Å². The highest BCUT2D eigenvalue weighted by molar-refractivity contribution is 5.14. The number of aliphatic hydroxyl groups is 2. The molecule has 1 aromatic rings. The van der Waals surface area contributed by atoms with Gasteiger partial charge in [-0.2, -0.15) is 0 Å². The lowest BCUT2D eigenvalue weighted by atomic mass is 9.79. The molecule has 1 aromatic carbocycles. The van der Waals surface area contributed by atoms with Crippen molar-refractivity contribution in [2.24, 2.45) is 11.8 Å². The van der Waals surface area contributed by atoms with E-state index in [2.05, 4.69) is 40.1 Å². The zero-order valence-corrected chi connectivity index (χ0v) is 14.4. The van der Waals surface area contributed by atoms with Crippen LogP contribution in [0.3, 0.4) is 0 Å². The monoisotopic (exact) mass is 330 g/mol. The van der Waals surface area contributed by atoms with Crippen molar-refractivity contribution in [1.29, 1.82) is 0 Å². The largest absolute Gasteiger partial charge is 0.390 e. The molecule has 2 heterocycles. The van der Waals surface area contributed by atoms with E-state index in [4.69, 9.17) is 0 Å². The van der Waals surface area contributed by atoms with E-state index in [1.54, 1.807) is 0 Å². The smallest absolute Gasteiger partial charge is 0.0802 e. The number of nitrogens with zero attached hydrogens (tertiary/aromatic N) is 2.